The summed E-state index contributed by atoms with van der Waals surface area (Å²) in [4.78, 5) is 0.193. The topological polar surface area (TPSA) is 84.1 Å². The van der Waals surface area contributed by atoms with Crippen molar-refractivity contribution in [3.05, 3.63) is 11.4 Å². The summed E-state index contributed by atoms with van der Waals surface area (Å²) in [6, 6.07) is -0.341. The van der Waals surface area contributed by atoms with Crippen LogP contribution in [-0.4, -0.2) is 44.3 Å². The molecule has 0 bridgehead atoms. The molecule has 0 aromatic carbocycles. The third-order valence-corrected chi connectivity index (χ3v) is 4.48. The summed E-state index contributed by atoms with van der Waals surface area (Å²) in [6.45, 7) is 3.59. The van der Waals surface area contributed by atoms with E-state index in [-0.39, 0.29) is 17.5 Å². The van der Waals surface area contributed by atoms with Crippen LogP contribution in [0.5, 0.6) is 0 Å². The summed E-state index contributed by atoms with van der Waals surface area (Å²) < 4.78 is 32.0. The Morgan fingerprint density at radius 2 is 2.17 bits per heavy atom. The third kappa shape index (κ3) is 3.68. The van der Waals surface area contributed by atoms with Crippen LogP contribution in [0.3, 0.4) is 0 Å². The van der Waals surface area contributed by atoms with E-state index < -0.39 is 10.0 Å². The lowest BCUT2D eigenvalue weighted by molar-refractivity contribution is 0.173. The Hall–Kier alpha value is -0.630. The lowest BCUT2D eigenvalue weighted by Gasteiger charge is -2.16. The molecular weight excluding hydrogens is 278 g/mol. The number of halogens is 1. The summed E-state index contributed by atoms with van der Waals surface area (Å²) in [7, 11) is -2.09. The number of rotatable bonds is 7. The molecule has 1 aromatic rings. The van der Waals surface area contributed by atoms with Gasteiger partial charge in [-0.25, -0.2) is 13.1 Å². The minimum absolute atomic E-state index is 0.193. The zero-order valence-corrected chi connectivity index (χ0v) is 12.2. The highest BCUT2D eigenvalue weighted by Gasteiger charge is 2.25. The first kappa shape index (κ1) is 15.4. The molecule has 0 radical (unpaired) electrons. The molecule has 0 saturated carbocycles. The van der Waals surface area contributed by atoms with Crippen LogP contribution >= 0.6 is 11.6 Å². The number of methoxy groups -OCH3 is 1. The molecule has 1 aromatic heterocycles. The predicted molar refractivity (Wildman–Crippen MR) is 69.4 cm³/mol. The fourth-order valence-corrected chi connectivity index (χ4v) is 3.61. The number of alkyl halides is 1. The highest BCUT2D eigenvalue weighted by Crippen LogP contribution is 2.17. The van der Waals surface area contributed by atoms with Gasteiger partial charge < -0.3 is 4.74 Å². The van der Waals surface area contributed by atoms with Gasteiger partial charge in [0.15, 0.2) is 0 Å². The molecule has 6 nitrogen and oxygen atoms in total. The summed E-state index contributed by atoms with van der Waals surface area (Å²) in [5.41, 5.74) is 0.962. The minimum atomic E-state index is -3.60. The third-order valence-electron chi connectivity index (χ3n) is 2.48. The maximum absolute atomic E-state index is 12.2. The number of nitrogens with one attached hydrogen (secondary N) is 2. The zero-order chi connectivity index (χ0) is 13.8. The second-order valence-electron chi connectivity index (χ2n) is 4.01. The average Bonchev–Trinajstić information content (AvgIpc) is 2.59. The Labute approximate surface area is 112 Å². The summed E-state index contributed by atoms with van der Waals surface area (Å²) in [6.07, 6.45) is 0.505. The number of H-pyrrole nitrogens is 1. The molecule has 18 heavy (non-hydrogen) atoms. The molecule has 0 amide bonds. The van der Waals surface area contributed by atoms with Crippen molar-refractivity contribution in [3.63, 3.8) is 0 Å². The van der Waals surface area contributed by atoms with Crippen LogP contribution in [-0.2, 0) is 14.8 Å². The van der Waals surface area contributed by atoms with Crippen molar-refractivity contribution in [2.45, 2.75) is 31.2 Å². The predicted octanol–water partition coefficient (Wildman–Crippen LogP) is 0.949. The van der Waals surface area contributed by atoms with Crippen LogP contribution in [0.4, 0.5) is 0 Å². The van der Waals surface area contributed by atoms with E-state index in [1.807, 2.05) is 0 Å². The van der Waals surface area contributed by atoms with Crippen LogP contribution in [0.25, 0.3) is 0 Å². The molecule has 1 heterocycles. The van der Waals surface area contributed by atoms with Crippen molar-refractivity contribution in [2.24, 2.45) is 0 Å². The molecule has 104 valence electrons. The Morgan fingerprint density at radius 1 is 1.50 bits per heavy atom. The van der Waals surface area contributed by atoms with Gasteiger partial charge in [-0.15, -0.1) is 11.6 Å². The molecule has 0 aliphatic rings. The molecule has 0 aliphatic carbocycles. The fraction of sp³-hybridized carbons (Fsp3) is 0.700. The first-order chi connectivity index (χ1) is 8.42. The van der Waals surface area contributed by atoms with Gasteiger partial charge in [-0.05, 0) is 20.3 Å². The molecule has 2 N–H and O–H groups in total. The fourth-order valence-electron chi connectivity index (χ4n) is 1.72. The van der Waals surface area contributed by atoms with E-state index in [1.165, 1.54) is 7.11 Å². The molecule has 0 fully saturated rings. The number of aryl methyl sites for hydroxylation is 2. The van der Waals surface area contributed by atoms with Crippen LogP contribution in [0.1, 0.15) is 17.8 Å². The van der Waals surface area contributed by atoms with Gasteiger partial charge in [0.1, 0.15) is 4.90 Å². The van der Waals surface area contributed by atoms with E-state index in [2.05, 4.69) is 14.9 Å². The highest BCUT2D eigenvalue weighted by molar-refractivity contribution is 7.89. The highest BCUT2D eigenvalue weighted by atomic mass is 35.5. The van der Waals surface area contributed by atoms with Gasteiger partial charge in [0, 0.05) is 19.0 Å². The standard InChI is InChI=1S/C10H18ClN3O3S/c1-7-10(8(2)13-12-7)18(15,16)14-9(4-5-11)6-17-3/h9,14H,4-6H2,1-3H3,(H,12,13). The van der Waals surface area contributed by atoms with E-state index in [4.69, 9.17) is 16.3 Å². The largest absolute Gasteiger partial charge is 0.383 e. The van der Waals surface area contributed by atoms with Crippen molar-refractivity contribution in [1.29, 1.82) is 0 Å². The molecule has 0 aliphatic heterocycles. The van der Waals surface area contributed by atoms with E-state index in [0.717, 1.165) is 0 Å². The molecule has 1 atom stereocenters. The molecule has 1 unspecified atom stereocenters. The van der Waals surface area contributed by atoms with Crippen molar-refractivity contribution in [2.75, 3.05) is 19.6 Å². The van der Waals surface area contributed by atoms with Gasteiger partial charge in [-0.3, -0.25) is 5.10 Å². The van der Waals surface area contributed by atoms with Gasteiger partial charge in [0.05, 0.1) is 18.0 Å². The first-order valence-electron chi connectivity index (χ1n) is 5.51. The number of aromatic amines is 1. The molecule has 0 saturated heterocycles. The van der Waals surface area contributed by atoms with Crippen LogP contribution in [0.15, 0.2) is 4.90 Å². The van der Waals surface area contributed by atoms with Gasteiger partial charge in [-0.2, -0.15) is 5.10 Å². The Bertz CT molecular complexity index is 461. The van der Waals surface area contributed by atoms with Gasteiger partial charge in [-0.1, -0.05) is 0 Å². The number of hydrogen-bond acceptors (Lipinski definition) is 4. The van der Waals surface area contributed by atoms with Gasteiger partial charge in [0.25, 0.3) is 0 Å². The van der Waals surface area contributed by atoms with Crippen molar-refractivity contribution >= 4 is 21.6 Å². The number of nitrogens with zero attached hydrogens (tertiary/aromatic N) is 1. The Morgan fingerprint density at radius 3 is 2.61 bits per heavy atom. The van der Waals surface area contributed by atoms with Crippen molar-refractivity contribution in [3.8, 4) is 0 Å². The summed E-state index contributed by atoms with van der Waals surface area (Å²) in [5, 5.41) is 6.53. The number of aromatic nitrogens is 2. The van der Waals surface area contributed by atoms with Crippen LogP contribution in [0.2, 0.25) is 0 Å². The zero-order valence-electron chi connectivity index (χ0n) is 10.7. The average molecular weight is 296 g/mol. The van der Waals surface area contributed by atoms with E-state index >= 15 is 0 Å². The maximum Gasteiger partial charge on any atom is 0.244 e. The molecular formula is C10H18ClN3O3S. The van der Waals surface area contributed by atoms with Crippen LogP contribution < -0.4 is 4.72 Å². The molecule has 0 spiro atoms. The minimum Gasteiger partial charge on any atom is -0.383 e. The van der Waals surface area contributed by atoms with Gasteiger partial charge >= 0.3 is 0 Å². The quantitative estimate of drug-likeness (QED) is 0.734. The van der Waals surface area contributed by atoms with E-state index in [0.29, 0.717) is 23.7 Å². The van der Waals surface area contributed by atoms with E-state index in [9.17, 15) is 8.42 Å². The Kier molecular flexibility index (Phi) is 5.58. The first-order valence-corrected chi connectivity index (χ1v) is 7.53. The SMILES string of the molecule is COCC(CCCl)NS(=O)(=O)c1c(C)n[nH]c1C. The van der Waals surface area contributed by atoms with Crippen molar-refractivity contribution < 1.29 is 13.2 Å². The lowest BCUT2D eigenvalue weighted by Crippen LogP contribution is -2.38. The molecule has 1 rings (SSSR count). The maximum atomic E-state index is 12.2. The van der Waals surface area contributed by atoms with Crippen LogP contribution in [0, 0.1) is 13.8 Å². The van der Waals surface area contributed by atoms with Gasteiger partial charge in [0.2, 0.25) is 10.0 Å². The lowest BCUT2D eigenvalue weighted by atomic mass is 10.3. The number of hydrogen-bond donors (Lipinski definition) is 2. The summed E-state index contributed by atoms with van der Waals surface area (Å²) in [5.74, 6) is 0.361. The molecule has 8 heteroatoms. The second-order valence-corrected chi connectivity index (χ2v) is 6.04. The smallest absolute Gasteiger partial charge is 0.244 e. The monoisotopic (exact) mass is 295 g/mol. The normalized spacial score (nSPS) is 13.8. The number of ether oxygens (including phenoxy) is 1. The second kappa shape index (κ2) is 6.51. The number of sulfonamides is 1. The van der Waals surface area contributed by atoms with Crippen molar-refractivity contribution in [1.82, 2.24) is 14.9 Å². The Balaban J connectivity index is 2.93. The van der Waals surface area contributed by atoms with E-state index in [1.54, 1.807) is 13.8 Å². The summed E-state index contributed by atoms with van der Waals surface area (Å²) >= 11 is 5.64.